The van der Waals surface area contributed by atoms with Crippen molar-refractivity contribution in [3.63, 3.8) is 0 Å². The minimum absolute atomic E-state index is 0.245. The highest BCUT2D eigenvalue weighted by atomic mass is 32.2. The highest BCUT2D eigenvalue weighted by molar-refractivity contribution is 7.92. The van der Waals surface area contributed by atoms with E-state index in [1.807, 2.05) is 12.3 Å². The molecule has 2 heterocycles. The van der Waals surface area contributed by atoms with Crippen molar-refractivity contribution in [1.29, 1.82) is 0 Å². The number of rotatable bonds is 5. The predicted molar refractivity (Wildman–Crippen MR) is 79.4 cm³/mol. The lowest BCUT2D eigenvalue weighted by molar-refractivity contribution is 0.258. The summed E-state index contributed by atoms with van der Waals surface area (Å²) in [5.41, 5.74) is 1.58. The number of aryl methyl sites for hydroxylation is 1. The molecule has 0 aromatic carbocycles. The largest absolute Gasteiger partial charge is 0.279 e. The molecule has 108 valence electrons. The van der Waals surface area contributed by atoms with E-state index in [-0.39, 0.29) is 5.03 Å². The van der Waals surface area contributed by atoms with Gasteiger partial charge in [-0.05, 0) is 42.7 Å². The van der Waals surface area contributed by atoms with Crippen LogP contribution in [0, 0.1) is 12.8 Å². The van der Waals surface area contributed by atoms with E-state index in [4.69, 9.17) is 0 Å². The van der Waals surface area contributed by atoms with Gasteiger partial charge in [-0.25, -0.2) is 0 Å². The number of sulfonamides is 1. The number of aromatic nitrogens is 2. The van der Waals surface area contributed by atoms with E-state index in [9.17, 15) is 8.42 Å². The standard InChI is InChI=1S/C13H17N3O2S2/c1-10-8-19-9-12(10)15-20(17,18)13-5-6-14-16(13)7-11-3-2-4-11/h5-6,8-9,11,15H,2-4,7H2,1H3. The SMILES string of the molecule is Cc1cscc1NS(=O)(=O)c1ccnn1CC1CCC1. The molecular formula is C13H17N3O2S2. The molecule has 1 aliphatic rings. The summed E-state index contributed by atoms with van der Waals surface area (Å²) in [7, 11) is -3.57. The number of nitrogens with zero attached hydrogens (tertiary/aromatic N) is 2. The molecule has 1 aliphatic carbocycles. The van der Waals surface area contributed by atoms with E-state index in [0.29, 0.717) is 18.2 Å². The minimum Gasteiger partial charge on any atom is -0.277 e. The number of thiophene rings is 1. The highest BCUT2D eigenvalue weighted by Crippen LogP contribution is 2.29. The zero-order valence-corrected chi connectivity index (χ0v) is 12.9. The number of hydrogen-bond acceptors (Lipinski definition) is 4. The lowest BCUT2D eigenvalue weighted by Gasteiger charge is -2.25. The fraction of sp³-hybridized carbons (Fsp3) is 0.462. The first-order valence-corrected chi connectivity index (χ1v) is 9.06. The third-order valence-corrected chi connectivity index (χ3v) is 5.96. The van der Waals surface area contributed by atoms with Crippen molar-refractivity contribution in [2.75, 3.05) is 4.72 Å². The van der Waals surface area contributed by atoms with Crippen LogP contribution in [0.4, 0.5) is 5.69 Å². The molecule has 0 bridgehead atoms. The summed E-state index contributed by atoms with van der Waals surface area (Å²) < 4.78 is 29.2. The van der Waals surface area contributed by atoms with Crippen LogP contribution in [-0.4, -0.2) is 18.2 Å². The Morgan fingerprint density at radius 3 is 2.85 bits per heavy atom. The van der Waals surface area contributed by atoms with Crippen molar-refractivity contribution in [2.24, 2.45) is 5.92 Å². The van der Waals surface area contributed by atoms with Gasteiger partial charge in [0.1, 0.15) is 0 Å². The summed E-state index contributed by atoms with van der Waals surface area (Å²) >= 11 is 1.48. The second-order valence-corrected chi connectivity index (χ2v) is 7.60. The van der Waals surface area contributed by atoms with Crippen LogP contribution in [0.2, 0.25) is 0 Å². The Labute approximate surface area is 122 Å². The molecule has 1 fully saturated rings. The van der Waals surface area contributed by atoms with Crippen molar-refractivity contribution in [3.05, 3.63) is 28.6 Å². The Balaban J connectivity index is 1.84. The lowest BCUT2D eigenvalue weighted by atomic mass is 9.85. The summed E-state index contributed by atoms with van der Waals surface area (Å²) in [6.07, 6.45) is 5.11. The van der Waals surface area contributed by atoms with Crippen LogP contribution in [0.3, 0.4) is 0 Å². The molecule has 2 aromatic rings. The van der Waals surface area contributed by atoms with Crippen LogP contribution < -0.4 is 4.72 Å². The average molecular weight is 311 g/mol. The molecule has 0 atom stereocenters. The third-order valence-electron chi connectivity index (χ3n) is 3.71. The molecule has 0 radical (unpaired) electrons. The van der Waals surface area contributed by atoms with Gasteiger partial charge in [0.25, 0.3) is 10.0 Å². The second kappa shape index (κ2) is 5.21. The minimum atomic E-state index is -3.57. The van der Waals surface area contributed by atoms with Crippen molar-refractivity contribution in [1.82, 2.24) is 9.78 Å². The molecule has 7 heteroatoms. The van der Waals surface area contributed by atoms with Crippen LogP contribution in [0.25, 0.3) is 0 Å². The van der Waals surface area contributed by atoms with Gasteiger partial charge in [-0.2, -0.15) is 13.5 Å². The highest BCUT2D eigenvalue weighted by Gasteiger charge is 2.24. The molecule has 0 saturated heterocycles. The van der Waals surface area contributed by atoms with Gasteiger partial charge >= 0.3 is 0 Å². The summed E-state index contributed by atoms with van der Waals surface area (Å²) in [4.78, 5) is 0. The third kappa shape index (κ3) is 2.60. The zero-order chi connectivity index (χ0) is 14.2. The normalized spacial score (nSPS) is 16.1. The zero-order valence-electron chi connectivity index (χ0n) is 11.2. The van der Waals surface area contributed by atoms with Crippen LogP contribution in [0.1, 0.15) is 24.8 Å². The maximum absolute atomic E-state index is 12.5. The summed E-state index contributed by atoms with van der Waals surface area (Å²) in [6, 6.07) is 1.56. The van der Waals surface area contributed by atoms with Gasteiger partial charge in [0.2, 0.25) is 0 Å². The number of nitrogens with one attached hydrogen (secondary N) is 1. The molecule has 0 amide bonds. The van der Waals surface area contributed by atoms with Gasteiger partial charge in [-0.15, -0.1) is 11.3 Å². The quantitative estimate of drug-likeness (QED) is 0.923. The van der Waals surface area contributed by atoms with Crippen LogP contribution in [0.15, 0.2) is 28.0 Å². The lowest BCUT2D eigenvalue weighted by Crippen LogP contribution is -2.23. The Hall–Kier alpha value is -1.34. The maximum atomic E-state index is 12.5. The molecule has 1 N–H and O–H groups in total. The fourth-order valence-corrected chi connectivity index (χ4v) is 4.38. The monoisotopic (exact) mass is 311 g/mol. The van der Waals surface area contributed by atoms with Crippen molar-refractivity contribution >= 4 is 27.0 Å². The first kappa shape index (κ1) is 13.6. The van der Waals surface area contributed by atoms with Gasteiger partial charge in [-0.1, -0.05) is 6.42 Å². The Bertz CT molecular complexity index is 699. The van der Waals surface area contributed by atoms with E-state index in [1.54, 1.807) is 22.3 Å². The predicted octanol–water partition coefficient (Wildman–Crippen LogP) is 2.85. The molecule has 0 spiro atoms. The van der Waals surface area contributed by atoms with Crippen LogP contribution >= 0.6 is 11.3 Å². The number of anilines is 1. The molecule has 3 rings (SSSR count). The Kier molecular flexibility index (Phi) is 3.55. The first-order chi connectivity index (χ1) is 9.56. The molecule has 0 unspecified atom stereocenters. The first-order valence-electron chi connectivity index (χ1n) is 6.64. The molecule has 0 aliphatic heterocycles. The molecule has 5 nitrogen and oxygen atoms in total. The molecule has 20 heavy (non-hydrogen) atoms. The molecular weight excluding hydrogens is 294 g/mol. The number of hydrogen-bond donors (Lipinski definition) is 1. The van der Waals surface area contributed by atoms with Crippen molar-refractivity contribution in [3.8, 4) is 0 Å². The van der Waals surface area contributed by atoms with Gasteiger partial charge in [0.15, 0.2) is 5.03 Å². The smallest absolute Gasteiger partial charge is 0.277 e. The summed E-state index contributed by atoms with van der Waals surface area (Å²) in [5, 5.41) is 8.13. The second-order valence-electron chi connectivity index (χ2n) is 5.22. The Morgan fingerprint density at radius 1 is 1.45 bits per heavy atom. The summed E-state index contributed by atoms with van der Waals surface area (Å²) in [5.74, 6) is 0.562. The molecule has 2 aromatic heterocycles. The van der Waals surface area contributed by atoms with E-state index in [0.717, 1.165) is 18.4 Å². The van der Waals surface area contributed by atoms with Gasteiger partial charge < -0.3 is 0 Å². The van der Waals surface area contributed by atoms with Crippen LogP contribution in [-0.2, 0) is 16.6 Å². The van der Waals surface area contributed by atoms with E-state index >= 15 is 0 Å². The van der Waals surface area contributed by atoms with Gasteiger partial charge in [0.05, 0.1) is 11.9 Å². The molecule has 1 saturated carbocycles. The topological polar surface area (TPSA) is 64.0 Å². The van der Waals surface area contributed by atoms with Crippen molar-refractivity contribution in [2.45, 2.75) is 37.8 Å². The summed E-state index contributed by atoms with van der Waals surface area (Å²) in [6.45, 7) is 2.58. The Morgan fingerprint density at radius 2 is 2.25 bits per heavy atom. The van der Waals surface area contributed by atoms with Crippen molar-refractivity contribution < 1.29 is 8.42 Å². The van der Waals surface area contributed by atoms with Gasteiger partial charge in [0, 0.05) is 11.9 Å². The van der Waals surface area contributed by atoms with Crippen LogP contribution in [0.5, 0.6) is 0 Å². The van der Waals surface area contributed by atoms with E-state index < -0.39 is 10.0 Å². The van der Waals surface area contributed by atoms with Gasteiger partial charge in [-0.3, -0.25) is 9.40 Å². The van der Waals surface area contributed by atoms with E-state index in [1.165, 1.54) is 17.8 Å². The average Bonchev–Trinajstić information content (AvgIpc) is 2.94. The fourth-order valence-electron chi connectivity index (χ4n) is 2.27. The van der Waals surface area contributed by atoms with E-state index in [2.05, 4.69) is 9.82 Å². The maximum Gasteiger partial charge on any atom is 0.279 e.